The quantitative estimate of drug-likeness (QED) is 0.736. The molecule has 2 aromatic rings. The second kappa shape index (κ2) is 4.82. The Kier molecular flexibility index (Phi) is 3.16. The Bertz CT molecular complexity index is 491. The third kappa shape index (κ3) is 2.19. The van der Waals surface area contributed by atoms with E-state index in [4.69, 9.17) is 4.74 Å². The van der Waals surface area contributed by atoms with E-state index in [9.17, 15) is 0 Å². The summed E-state index contributed by atoms with van der Waals surface area (Å²) < 4.78 is 6.19. The summed E-state index contributed by atoms with van der Waals surface area (Å²) in [7, 11) is 0. The van der Waals surface area contributed by atoms with Gasteiger partial charge in [-0.25, -0.2) is 0 Å². The van der Waals surface area contributed by atoms with Gasteiger partial charge in [0, 0.05) is 0 Å². The molecular weight excluding hydrogens is 232 g/mol. The van der Waals surface area contributed by atoms with E-state index in [1.165, 1.54) is 11.1 Å². The van der Waals surface area contributed by atoms with Crippen LogP contribution in [0.15, 0.2) is 60.7 Å². The molecule has 1 nitrogen and oxygen atoms in total. The smallest absolute Gasteiger partial charge is 0.145 e. The third-order valence-electron chi connectivity index (χ3n) is 3.82. The van der Waals surface area contributed by atoms with Crippen LogP contribution in [0.4, 0.5) is 0 Å². The van der Waals surface area contributed by atoms with Crippen LogP contribution in [0, 0.1) is 5.92 Å². The fourth-order valence-electron chi connectivity index (χ4n) is 2.88. The molecule has 0 bridgehead atoms. The van der Waals surface area contributed by atoms with Crippen molar-refractivity contribution >= 4 is 0 Å². The molecule has 0 aromatic heterocycles. The van der Waals surface area contributed by atoms with Crippen LogP contribution in [0.2, 0.25) is 0 Å². The zero-order valence-corrected chi connectivity index (χ0v) is 11.5. The molecule has 0 amide bonds. The maximum absolute atomic E-state index is 6.19. The molecule has 1 atom stereocenters. The minimum absolute atomic E-state index is 0.215. The molecule has 1 aliphatic heterocycles. The number of hydrogen-bond donors (Lipinski definition) is 0. The monoisotopic (exact) mass is 252 g/mol. The summed E-state index contributed by atoms with van der Waals surface area (Å²) in [5.41, 5.74) is 2.32. The molecule has 0 spiro atoms. The molecule has 2 aromatic carbocycles. The molecule has 98 valence electrons. The highest BCUT2D eigenvalue weighted by Crippen LogP contribution is 2.53. The molecule has 1 unspecified atom stereocenters. The van der Waals surface area contributed by atoms with Crippen molar-refractivity contribution in [1.82, 2.24) is 0 Å². The average molecular weight is 252 g/mol. The SMILES string of the molecule is CC(C)CC1OC1(c1ccccc1)c1ccccc1. The van der Waals surface area contributed by atoms with Crippen LogP contribution >= 0.6 is 0 Å². The van der Waals surface area contributed by atoms with Crippen LogP contribution in [0.3, 0.4) is 0 Å². The predicted molar refractivity (Wildman–Crippen MR) is 78.0 cm³/mol. The first-order chi connectivity index (χ1) is 9.23. The van der Waals surface area contributed by atoms with Gasteiger partial charge in [-0.15, -0.1) is 0 Å². The van der Waals surface area contributed by atoms with Gasteiger partial charge >= 0.3 is 0 Å². The van der Waals surface area contributed by atoms with Crippen molar-refractivity contribution < 1.29 is 4.74 Å². The van der Waals surface area contributed by atoms with Gasteiger partial charge in [-0.1, -0.05) is 74.5 Å². The van der Waals surface area contributed by atoms with Gasteiger partial charge in [0.05, 0.1) is 6.10 Å². The van der Waals surface area contributed by atoms with Gasteiger partial charge < -0.3 is 4.74 Å². The lowest BCUT2D eigenvalue weighted by Gasteiger charge is -2.15. The van der Waals surface area contributed by atoms with Gasteiger partial charge in [-0.3, -0.25) is 0 Å². The summed E-state index contributed by atoms with van der Waals surface area (Å²) in [6.45, 7) is 4.50. The summed E-state index contributed by atoms with van der Waals surface area (Å²) >= 11 is 0. The molecular formula is C18H20O. The van der Waals surface area contributed by atoms with Crippen molar-refractivity contribution in [3.63, 3.8) is 0 Å². The molecule has 19 heavy (non-hydrogen) atoms. The first kappa shape index (κ1) is 12.4. The van der Waals surface area contributed by atoms with E-state index in [2.05, 4.69) is 74.5 Å². The maximum atomic E-state index is 6.19. The Balaban J connectivity index is 2.00. The van der Waals surface area contributed by atoms with E-state index in [0.717, 1.165) is 6.42 Å². The second-order valence-electron chi connectivity index (χ2n) is 5.70. The van der Waals surface area contributed by atoms with Crippen LogP contribution in [0.1, 0.15) is 31.4 Å². The number of benzene rings is 2. The predicted octanol–water partition coefficient (Wildman–Crippen LogP) is 4.38. The first-order valence-electron chi connectivity index (χ1n) is 7.02. The van der Waals surface area contributed by atoms with Crippen molar-refractivity contribution in [3.05, 3.63) is 71.8 Å². The molecule has 0 radical (unpaired) electrons. The fourth-order valence-corrected chi connectivity index (χ4v) is 2.88. The normalized spacial score (nSPS) is 20.5. The second-order valence-corrected chi connectivity index (χ2v) is 5.70. The highest BCUT2D eigenvalue weighted by atomic mass is 16.6. The Hall–Kier alpha value is -1.60. The van der Waals surface area contributed by atoms with E-state index < -0.39 is 0 Å². The van der Waals surface area contributed by atoms with Gasteiger partial charge in [-0.2, -0.15) is 0 Å². The van der Waals surface area contributed by atoms with Crippen molar-refractivity contribution in [3.8, 4) is 0 Å². The summed E-state index contributed by atoms with van der Waals surface area (Å²) in [4.78, 5) is 0. The number of rotatable bonds is 4. The van der Waals surface area contributed by atoms with Crippen molar-refractivity contribution in [2.24, 2.45) is 5.92 Å². The molecule has 0 N–H and O–H groups in total. The van der Waals surface area contributed by atoms with Gasteiger partial charge in [-0.05, 0) is 23.5 Å². The first-order valence-corrected chi connectivity index (χ1v) is 7.02. The Labute approximate surface area is 115 Å². The summed E-state index contributed by atoms with van der Waals surface area (Å²) in [5, 5.41) is 0. The highest BCUT2D eigenvalue weighted by molar-refractivity contribution is 5.42. The molecule has 0 saturated carbocycles. The van der Waals surface area contributed by atoms with E-state index in [1.807, 2.05) is 0 Å². The fraction of sp³-hybridized carbons (Fsp3) is 0.333. The van der Waals surface area contributed by atoms with Gasteiger partial charge in [0.1, 0.15) is 5.60 Å². The van der Waals surface area contributed by atoms with Crippen molar-refractivity contribution in [1.29, 1.82) is 0 Å². The zero-order valence-electron chi connectivity index (χ0n) is 11.5. The van der Waals surface area contributed by atoms with Crippen LogP contribution < -0.4 is 0 Å². The van der Waals surface area contributed by atoms with Gasteiger partial charge in [0.15, 0.2) is 0 Å². The zero-order chi connectivity index (χ0) is 13.3. The molecule has 1 fully saturated rings. The molecule has 3 rings (SSSR count). The van der Waals surface area contributed by atoms with E-state index >= 15 is 0 Å². The number of hydrogen-bond acceptors (Lipinski definition) is 1. The number of ether oxygens (including phenoxy) is 1. The lowest BCUT2D eigenvalue weighted by Crippen LogP contribution is -2.16. The van der Waals surface area contributed by atoms with Gasteiger partial charge in [0.25, 0.3) is 0 Å². The minimum atomic E-state index is -0.215. The Morgan fingerprint density at radius 2 is 1.37 bits per heavy atom. The van der Waals surface area contributed by atoms with Crippen LogP contribution in [-0.2, 0) is 10.3 Å². The molecule has 1 saturated heterocycles. The van der Waals surface area contributed by atoms with Crippen molar-refractivity contribution in [2.75, 3.05) is 0 Å². The maximum Gasteiger partial charge on any atom is 0.145 e. The summed E-state index contributed by atoms with van der Waals surface area (Å²) in [6.07, 6.45) is 1.40. The van der Waals surface area contributed by atoms with Crippen LogP contribution in [0.5, 0.6) is 0 Å². The van der Waals surface area contributed by atoms with Crippen LogP contribution in [-0.4, -0.2) is 6.10 Å². The van der Waals surface area contributed by atoms with E-state index in [0.29, 0.717) is 12.0 Å². The topological polar surface area (TPSA) is 12.5 Å². The van der Waals surface area contributed by atoms with Crippen LogP contribution in [0.25, 0.3) is 0 Å². The average Bonchev–Trinajstić information content (AvgIpc) is 3.15. The van der Waals surface area contributed by atoms with E-state index in [-0.39, 0.29) is 5.60 Å². The van der Waals surface area contributed by atoms with E-state index in [1.54, 1.807) is 0 Å². The molecule has 1 aliphatic rings. The molecule has 0 aliphatic carbocycles. The molecule has 1 heteroatoms. The summed E-state index contributed by atoms with van der Waals surface area (Å²) in [6, 6.07) is 21.2. The van der Waals surface area contributed by atoms with Gasteiger partial charge in [0.2, 0.25) is 0 Å². The highest BCUT2D eigenvalue weighted by Gasteiger charge is 2.58. The summed E-state index contributed by atoms with van der Waals surface area (Å²) in [5.74, 6) is 0.652. The molecule has 1 heterocycles. The minimum Gasteiger partial charge on any atom is -0.356 e. The Morgan fingerprint density at radius 1 is 0.895 bits per heavy atom. The lowest BCUT2D eigenvalue weighted by atomic mass is 9.85. The largest absolute Gasteiger partial charge is 0.356 e. The van der Waals surface area contributed by atoms with Crippen molar-refractivity contribution in [2.45, 2.75) is 32.0 Å². The standard InChI is InChI=1S/C18H20O/c1-14(2)13-17-18(19-17,15-9-5-3-6-10-15)16-11-7-4-8-12-16/h3-12,14,17H,13H2,1-2H3. The Morgan fingerprint density at radius 3 is 1.79 bits per heavy atom. The third-order valence-corrected chi connectivity index (χ3v) is 3.82. The lowest BCUT2D eigenvalue weighted by molar-refractivity contribution is 0.314. The number of epoxide rings is 1.